The number of nitrogens with zero attached hydrogens (tertiary/aromatic N) is 1. The predicted molar refractivity (Wildman–Crippen MR) is 56.6 cm³/mol. The molecule has 1 aliphatic rings. The summed E-state index contributed by atoms with van der Waals surface area (Å²) >= 11 is 0. The molecule has 14 heavy (non-hydrogen) atoms. The van der Waals surface area contributed by atoms with Crippen LogP contribution in [-0.4, -0.2) is 36.0 Å². The summed E-state index contributed by atoms with van der Waals surface area (Å²) in [6.07, 6.45) is 2.21. The molecule has 0 aromatic rings. The summed E-state index contributed by atoms with van der Waals surface area (Å²) in [4.78, 5) is 13.2. The Balaban J connectivity index is 2.46. The maximum atomic E-state index is 10.9. The lowest BCUT2D eigenvalue weighted by Gasteiger charge is -2.38. The molecule has 1 heterocycles. The molecule has 0 aromatic carbocycles. The number of likely N-dealkylation sites (tertiary alicyclic amines) is 1. The van der Waals surface area contributed by atoms with Gasteiger partial charge in [-0.05, 0) is 26.3 Å². The molecule has 4 heteroatoms. The van der Waals surface area contributed by atoms with Crippen LogP contribution in [0.5, 0.6) is 0 Å². The van der Waals surface area contributed by atoms with Gasteiger partial charge >= 0.3 is 0 Å². The van der Waals surface area contributed by atoms with E-state index in [-0.39, 0.29) is 17.9 Å². The third-order valence-electron chi connectivity index (χ3n) is 3.17. The number of nitrogens with two attached hydrogens (primary N) is 2. The first-order valence-electron chi connectivity index (χ1n) is 5.31. The largest absolute Gasteiger partial charge is 0.369 e. The van der Waals surface area contributed by atoms with E-state index >= 15 is 0 Å². The van der Waals surface area contributed by atoms with Crippen molar-refractivity contribution in [1.29, 1.82) is 0 Å². The van der Waals surface area contributed by atoms with Gasteiger partial charge in [-0.25, -0.2) is 0 Å². The van der Waals surface area contributed by atoms with Crippen LogP contribution < -0.4 is 11.5 Å². The lowest BCUT2D eigenvalue weighted by molar-refractivity contribution is -0.122. The molecule has 4 nitrogen and oxygen atoms in total. The van der Waals surface area contributed by atoms with Crippen molar-refractivity contribution in [2.75, 3.05) is 13.1 Å². The zero-order valence-corrected chi connectivity index (χ0v) is 9.07. The maximum Gasteiger partial charge on any atom is 0.221 e. The molecule has 82 valence electrons. The number of carbonyl (C=O) groups excluding carboxylic acids is 1. The van der Waals surface area contributed by atoms with Gasteiger partial charge in [0.2, 0.25) is 5.91 Å². The van der Waals surface area contributed by atoms with Crippen molar-refractivity contribution < 1.29 is 4.79 Å². The van der Waals surface area contributed by atoms with Crippen LogP contribution in [-0.2, 0) is 4.79 Å². The Labute approximate surface area is 85.6 Å². The van der Waals surface area contributed by atoms with Crippen LogP contribution in [0.4, 0.5) is 0 Å². The van der Waals surface area contributed by atoms with Crippen molar-refractivity contribution in [3.05, 3.63) is 0 Å². The smallest absolute Gasteiger partial charge is 0.221 e. The fourth-order valence-corrected chi connectivity index (χ4v) is 1.94. The zero-order valence-electron chi connectivity index (χ0n) is 9.07. The molecule has 1 rings (SSSR count). The highest BCUT2D eigenvalue weighted by Crippen LogP contribution is 2.16. The zero-order chi connectivity index (χ0) is 10.7. The van der Waals surface area contributed by atoms with E-state index < -0.39 is 0 Å². The van der Waals surface area contributed by atoms with E-state index in [9.17, 15) is 4.79 Å². The van der Waals surface area contributed by atoms with Gasteiger partial charge in [-0.3, -0.25) is 9.69 Å². The number of piperidine rings is 1. The molecule has 4 N–H and O–H groups in total. The summed E-state index contributed by atoms with van der Waals surface area (Å²) in [5.41, 5.74) is 11.2. The minimum absolute atomic E-state index is 0.0808. The number of carbonyl (C=O) groups is 1. The predicted octanol–water partition coefficient (Wildman–Crippen LogP) is -0.0806. The van der Waals surface area contributed by atoms with Gasteiger partial charge in [-0.15, -0.1) is 0 Å². The van der Waals surface area contributed by atoms with Crippen molar-refractivity contribution in [3.63, 3.8) is 0 Å². The number of hydrogen-bond acceptors (Lipinski definition) is 3. The normalized spacial score (nSPS) is 31.4. The average Bonchev–Trinajstić information content (AvgIpc) is 2.12. The van der Waals surface area contributed by atoms with Crippen molar-refractivity contribution in [3.8, 4) is 0 Å². The summed E-state index contributed by atoms with van der Waals surface area (Å²) in [6.45, 7) is 5.77. The molecule has 1 fully saturated rings. The van der Waals surface area contributed by atoms with Gasteiger partial charge in [0.1, 0.15) is 0 Å². The van der Waals surface area contributed by atoms with Crippen LogP contribution in [0.2, 0.25) is 0 Å². The molecule has 0 aromatic heterocycles. The van der Waals surface area contributed by atoms with Crippen LogP contribution in [0.15, 0.2) is 0 Å². The summed E-state index contributed by atoms with van der Waals surface area (Å²) in [5, 5.41) is 0. The van der Waals surface area contributed by atoms with Crippen LogP contribution in [0.1, 0.15) is 26.7 Å². The van der Waals surface area contributed by atoms with E-state index in [4.69, 9.17) is 11.5 Å². The van der Waals surface area contributed by atoms with Gasteiger partial charge in [0, 0.05) is 24.5 Å². The Kier molecular flexibility index (Phi) is 3.89. The first-order chi connectivity index (χ1) is 6.52. The number of rotatable bonds is 3. The minimum atomic E-state index is -0.226. The molecule has 0 radical (unpaired) electrons. The Morgan fingerprint density at radius 3 is 2.86 bits per heavy atom. The van der Waals surface area contributed by atoms with Crippen LogP contribution in [0, 0.1) is 5.92 Å². The standard InChI is InChI=1S/C10H21N3O/c1-7(10(12)14)6-13-5-3-4-9(11)8(13)2/h7-9H,3-6,11H2,1-2H3,(H2,12,14)/t7?,8-,9-/m1/s1. The van der Waals surface area contributed by atoms with Crippen molar-refractivity contribution in [1.82, 2.24) is 4.90 Å². The number of hydrogen-bond donors (Lipinski definition) is 2. The highest BCUT2D eigenvalue weighted by molar-refractivity contribution is 5.76. The first-order valence-corrected chi connectivity index (χ1v) is 5.31. The van der Waals surface area contributed by atoms with E-state index in [0.717, 1.165) is 25.9 Å². The Morgan fingerprint density at radius 1 is 1.64 bits per heavy atom. The highest BCUT2D eigenvalue weighted by atomic mass is 16.1. The fourth-order valence-electron chi connectivity index (χ4n) is 1.94. The van der Waals surface area contributed by atoms with Crippen LogP contribution >= 0.6 is 0 Å². The summed E-state index contributed by atoms with van der Waals surface area (Å²) in [6, 6.07) is 0.606. The van der Waals surface area contributed by atoms with Gasteiger partial charge in [-0.2, -0.15) is 0 Å². The monoisotopic (exact) mass is 199 g/mol. The van der Waals surface area contributed by atoms with Crippen LogP contribution in [0.25, 0.3) is 0 Å². The molecule has 0 bridgehead atoms. The van der Waals surface area contributed by atoms with Gasteiger partial charge in [0.15, 0.2) is 0 Å². The summed E-state index contributed by atoms with van der Waals surface area (Å²) < 4.78 is 0. The van der Waals surface area contributed by atoms with Crippen molar-refractivity contribution in [2.45, 2.75) is 38.8 Å². The Hall–Kier alpha value is -0.610. The molecule has 1 unspecified atom stereocenters. The second kappa shape index (κ2) is 4.75. The number of amides is 1. The molecular weight excluding hydrogens is 178 g/mol. The quantitative estimate of drug-likeness (QED) is 0.667. The van der Waals surface area contributed by atoms with Gasteiger partial charge in [0.05, 0.1) is 0 Å². The number of primary amides is 1. The maximum absolute atomic E-state index is 10.9. The molecule has 1 amide bonds. The van der Waals surface area contributed by atoms with Gasteiger partial charge in [-0.1, -0.05) is 6.92 Å². The fraction of sp³-hybridized carbons (Fsp3) is 0.900. The van der Waals surface area contributed by atoms with E-state index in [1.807, 2.05) is 6.92 Å². The Morgan fingerprint density at radius 2 is 2.29 bits per heavy atom. The third-order valence-corrected chi connectivity index (χ3v) is 3.17. The lowest BCUT2D eigenvalue weighted by Crippen LogP contribution is -2.52. The second-order valence-electron chi connectivity index (χ2n) is 4.35. The van der Waals surface area contributed by atoms with Crippen LogP contribution in [0.3, 0.4) is 0 Å². The molecule has 1 aliphatic heterocycles. The van der Waals surface area contributed by atoms with Gasteiger partial charge in [0.25, 0.3) is 0 Å². The first kappa shape index (κ1) is 11.5. The average molecular weight is 199 g/mol. The van der Waals surface area contributed by atoms with Crippen molar-refractivity contribution >= 4 is 5.91 Å². The topological polar surface area (TPSA) is 72.3 Å². The van der Waals surface area contributed by atoms with E-state index in [1.165, 1.54) is 0 Å². The molecular formula is C10H21N3O. The third kappa shape index (κ3) is 2.69. The summed E-state index contributed by atoms with van der Waals surface area (Å²) in [5.74, 6) is -0.306. The lowest BCUT2D eigenvalue weighted by atomic mass is 9.97. The van der Waals surface area contributed by atoms with E-state index in [0.29, 0.717) is 6.04 Å². The molecule has 3 atom stereocenters. The van der Waals surface area contributed by atoms with E-state index in [1.54, 1.807) is 0 Å². The molecule has 0 saturated carbocycles. The Bertz CT molecular complexity index is 208. The molecule has 1 saturated heterocycles. The molecule has 0 aliphatic carbocycles. The van der Waals surface area contributed by atoms with E-state index in [2.05, 4.69) is 11.8 Å². The minimum Gasteiger partial charge on any atom is -0.369 e. The van der Waals surface area contributed by atoms with Gasteiger partial charge < -0.3 is 11.5 Å². The summed E-state index contributed by atoms with van der Waals surface area (Å²) in [7, 11) is 0. The van der Waals surface area contributed by atoms with Crippen molar-refractivity contribution in [2.24, 2.45) is 17.4 Å². The SMILES string of the molecule is CC(CN1CCC[C@@H](N)[C@H]1C)C(N)=O. The molecule has 0 spiro atoms. The second-order valence-corrected chi connectivity index (χ2v) is 4.35. The highest BCUT2D eigenvalue weighted by Gasteiger charge is 2.26.